The summed E-state index contributed by atoms with van der Waals surface area (Å²) in [4.78, 5) is 12.4. The maximum atomic E-state index is 13.4. The molecular formula is C14H8Br2F2O2. The van der Waals surface area contributed by atoms with E-state index in [1.165, 1.54) is 25.3 Å². The highest BCUT2D eigenvalue weighted by Gasteiger charge is 2.18. The molecule has 0 spiro atoms. The summed E-state index contributed by atoms with van der Waals surface area (Å²) in [5.74, 6) is -1.44. The molecule has 0 saturated carbocycles. The Hall–Kier alpha value is -1.27. The van der Waals surface area contributed by atoms with Crippen molar-refractivity contribution in [3.8, 4) is 5.75 Å². The monoisotopic (exact) mass is 404 g/mol. The summed E-state index contributed by atoms with van der Waals surface area (Å²) in [5, 5.41) is 0. The van der Waals surface area contributed by atoms with Crippen LogP contribution in [0.2, 0.25) is 0 Å². The fourth-order valence-electron chi connectivity index (χ4n) is 1.72. The van der Waals surface area contributed by atoms with E-state index >= 15 is 0 Å². The first kappa shape index (κ1) is 15.1. The number of carbonyl (C=O) groups excluding carboxylic acids is 1. The first-order chi connectivity index (χ1) is 9.42. The van der Waals surface area contributed by atoms with Gasteiger partial charge in [0, 0.05) is 16.1 Å². The Morgan fingerprint density at radius 3 is 2.40 bits per heavy atom. The van der Waals surface area contributed by atoms with Crippen LogP contribution in [0.4, 0.5) is 8.78 Å². The summed E-state index contributed by atoms with van der Waals surface area (Å²) >= 11 is 6.14. The van der Waals surface area contributed by atoms with Crippen LogP contribution in [-0.2, 0) is 0 Å². The van der Waals surface area contributed by atoms with Crippen LogP contribution < -0.4 is 4.74 Å². The Labute approximate surface area is 131 Å². The molecule has 0 fully saturated rings. The number of hydrogen-bond acceptors (Lipinski definition) is 2. The van der Waals surface area contributed by atoms with Gasteiger partial charge in [0.15, 0.2) is 5.78 Å². The number of hydrogen-bond donors (Lipinski definition) is 0. The largest absolute Gasteiger partial charge is 0.496 e. The molecule has 0 saturated heterocycles. The van der Waals surface area contributed by atoms with Gasteiger partial charge < -0.3 is 4.74 Å². The van der Waals surface area contributed by atoms with Crippen LogP contribution in [0.25, 0.3) is 0 Å². The Kier molecular flexibility index (Phi) is 4.55. The van der Waals surface area contributed by atoms with Crippen LogP contribution in [0.5, 0.6) is 5.75 Å². The number of halogens is 4. The van der Waals surface area contributed by atoms with Crippen molar-refractivity contribution in [2.24, 2.45) is 0 Å². The third-order valence-corrected chi connectivity index (χ3v) is 3.68. The van der Waals surface area contributed by atoms with Gasteiger partial charge in [-0.25, -0.2) is 8.78 Å². The predicted octanol–water partition coefficient (Wildman–Crippen LogP) is 4.73. The lowest BCUT2D eigenvalue weighted by Crippen LogP contribution is -2.05. The van der Waals surface area contributed by atoms with Gasteiger partial charge in [-0.1, -0.05) is 15.9 Å². The molecule has 0 radical (unpaired) electrons. The summed E-state index contributed by atoms with van der Waals surface area (Å²) in [6, 6.07) is 6.27. The van der Waals surface area contributed by atoms with Crippen LogP contribution in [0.1, 0.15) is 15.9 Å². The molecule has 0 aliphatic carbocycles. The third kappa shape index (κ3) is 3.07. The van der Waals surface area contributed by atoms with Gasteiger partial charge in [-0.15, -0.1) is 0 Å². The van der Waals surface area contributed by atoms with Crippen molar-refractivity contribution >= 4 is 37.6 Å². The standard InChI is InChI=1S/C14H8Br2F2O2/c1-20-13-6-12(18)11(16)5-10(13)14(19)7-2-8(15)4-9(17)3-7/h2-6H,1H3. The minimum atomic E-state index is -0.543. The molecule has 0 unspecified atom stereocenters. The van der Waals surface area contributed by atoms with E-state index in [0.29, 0.717) is 4.47 Å². The van der Waals surface area contributed by atoms with E-state index in [1.807, 2.05) is 0 Å². The molecular weight excluding hydrogens is 398 g/mol. The molecule has 2 aromatic carbocycles. The fourth-order valence-corrected chi connectivity index (χ4v) is 2.52. The van der Waals surface area contributed by atoms with Crippen LogP contribution in [-0.4, -0.2) is 12.9 Å². The maximum absolute atomic E-state index is 13.4. The van der Waals surface area contributed by atoms with Gasteiger partial charge in [-0.2, -0.15) is 0 Å². The summed E-state index contributed by atoms with van der Waals surface area (Å²) in [6.45, 7) is 0. The average molecular weight is 406 g/mol. The lowest BCUT2D eigenvalue weighted by molar-refractivity contribution is 0.103. The smallest absolute Gasteiger partial charge is 0.196 e. The molecule has 0 bridgehead atoms. The van der Waals surface area contributed by atoms with Gasteiger partial charge in [-0.05, 0) is 40.2 Å². The normalized spacial score (nSPS) is 10.4. The van der Waals surface area contributed by atoms with Gasteiger partial charge in [0.25, 0.3) is 0 Å². The Bertz CT molecular complexity index is 667. The van der Waals surface area contributed by atoms with Crippen molar-refractivity contribution in [1.29, 1.82) is 0 Å². The average Bonchev–Trinajstić information content (AvgIpc) is 2.39. The van der Waals surface area contributed by atoms with Crippen LogP contribution in [0.15, 0.2) is 39.3 Å². The lowest BCUT2D eigenvalue weighted by atomic mass is 10.0. The molecule has 2 rings (SSSR count). The highest BCUT2D eigenvalue weighted by atomic mass is 79.9. The highest BCUT2D eigenvalue weighted by molar-refractivity contribution is 9.10. The van der Waals surface area contributed by atoms with E-state index in [2.05, 4.69) is 31.9 Å². The van der Waals surface area contributed by atoms with E-state index in [0.717, 1.165) is 12.1 Å². The van der Waals surface area contributed by atoms with Crippen LogP contribution >= 0.6 is 31.9 Å². The van der Waals surface area contributed by atoms with E-state index in [1.54, 1.807) is 0 Å². The van der Waals surface area contributed by atoms with Crippen molar-refractivity contribution in [1.82, 2.24) is 0 Å². The van der Waals surface area contributed by atoms with Gasteiger partial charge in [0.2, 0.25) is 0 Å². The summed E-state index contributed by atoms with van der Waals surface area (Å²) < 4.78 is 32.4. The van der Waals surface area contributed by atoms with Crippen molar-refractivity contribution in [3.05, 3.63) is 62.0 Å². The zero-order chi connectivity index (χ0) is 14.9. The fraction of sp³-hybridized carbons (Fsp3) is 0.0714. The summed E-state index contributed by atoms with van der Waals surface area (Å²) in [6.07, 6.45) is 0. The SMILES string of the molecule is COc1cc(F)c(Br)cc1C(=O)c1cc(F)cc(Br)c1. The number of benzene rings is 2. The molecule has 6 heteroatoms. The molecule has 0 aliphatic rings. The van der Waals surface area contributed by atoms with Crippen molar-refractivity contribution < 1.29 is 18.3 Å². The second kappa shape index (κ2) is 6.01. The van der Waals surface area contributed by atoms with E-state index < -0.39 is 17.4 Å². The van der Waals surface area contributed by atoms with E-state index in [9.17, 15) is 13.6 Å². The first-order valence-electron chi connectivity index (χ1n) is 5.46. The highest BCUT2D eigenvalue weighted by Crippen LogP contribution is 2.29. The predicted molar refractivity (Wildman–Crippen MR) is 78.2 cm³/mol. The zero-order valence-electron chi connectivity index (χ0n) is 10.2. The van der Waals surface area contributed by atoms with Crippen molar-refractivity contribution in [2.45, 2.75) is 0 Å². The molecule has 0 aliphatic heterocycles. The molecule has 20 heavy (non-hydrogen) atoms. The van der Waals surface area contributed by atoms with Crippen LogP contribution in [0.3, 0.4) is 0 Å². The Balaban J connectivity index is 2.55. The second-order valence-corrected chi connectivity index (χ2v) is 5.72. The number of ether oxygens (including phenoxy) is 1. The van der Waals surface area contributed by atoms with Gasteiger partial charge in [0.05, 0.1) is 17.1 Å². The van der Waals surface area contributed by atoms with Gasteiger partial charge in [0.1, 0.15) is 17.4 Å². The molecule has 0 aromatic heterocycles. The Morgan fingerprint density at radius 2 is 1.80 bits per heavy atom. The minimum Gasteiger partial charge on any atom is -0.496 e. The van der Waals surface area contributed by atoms with Crippen LogP contribution in [0, 0.1) is 11.6 Å². The topological polar surface area (TPSA) is 26.3 Å². The number of carbonyl (C=O) groups is 1. The quantitative estimate of drug-likeness (QED) is 0.690. The zero-order valence-corrected chi connectivity index (χ0v) is 13.4. The number of rotatable bonds is 3. The second-order valence-electron chi connectivity index (χ2n) is 3.95. The maximum Gasteiger partial charge on any atom is 0.196 e. The lowest BCUT2D eigenvalue weighted by Gasteiger charge is -2.09. The summed E-state index contributed by atoms with van der Waals surface area (Å²) in [5.41, 5.74) is 0.298. The molecule has 104 valence electrons. The molecule has 0 atom stereocenters. The summed E-state index contributed by atoms with van der Waals surface area (Å²) in [7, 11) is 1.33. The van der Waals surface area contributed by atoms with Crippen molar-refractivity contribution in [2.75, 3.05) is 7.11 Å². The first-order valence-corrected chi connectivity index (χ1v) is 7.05. The Morgan fingerprint density at radius 1 is 1.10 bits per heavy atom. The van der Waals surface area contributed by atoms with E-state index in [4.69, 9.17) is 4.74 Å². The van der Waals surface area contributed by atoms with E-state index in [-0.39, 0.29) is 21.3 Å². The molecule has 0 amide bonds. The number of ketones is 1. The van der Waals surface area contributed by atoms with Gasteiger partial charge >= 0.3 is 0 Å². The third-order valence-electron chi connectivity index (χ3n) is 2.61. The molecule has 2 aromatic rings. The molecule has 0 N–H and O–H groups in total. The molecule has 2 nitrogen and oxygen atoms in total. The van der Waals surface area contributed by atoms with Gasteiger partial charge in [-0.3, -0.25) is 4.79 Å². The minimum absolute atomic E-state index is 0.0936. The number of methoxy groups -OCH3 is 1. The molecule has 0 heterocycles. The van der Waals surface area contributed by atoms with Crippen molar-refractivity contribution in [3.63, 3.8) is 0 Å².